The molecule has 152 valence electrons. The summed E-state index contributed by atoms with van der Waals surface area (Å²) in [4.78, 5) is 17.7. The first kappa shape index (κ1) is 19.0. The molecular weight excluding hydrogens is 391 g/mol. The zero-order valence-electron chi connectivity index (χ0n) is 16.9. The van der Waals surface area contributed by atoms with Crippen LogP contribution in [0.4, 0.5) is 4.39 Å². The molecule has 5 aromatic rings. The van der Waals surface area contributed by atoms with E-state index in [9.17, 15) is 9.18 Å². The second-order valence-electron chi connectivity index (χ2n) is 7.46. The molecular formula is C26H19FN2O2. The Hall–Kier alpha value is -3.99. The van der Waals surface area contributed by atoms with Crippen molar-refractivity contribution in [3.05, 3.63) is 113 Å². The number of carbonyl (C=O) groups excluding carboxylic acids is 1. The minimum Gasteiger partial charge on any atom is -0.458 e. The minimum atomic E-state index is -0.294. The third kappa shape index (κ3) is 3.66. The Morgan fingerprint density at radius 2 is 1.77 bits per heavy atom. The number of benzene rings is 3. The number of ketones is 1. The largest absolute Gasteiger partial charge is 0.458 e. The zero-order valence-corrected chi connectivity index (χ0v) is 16.9. The molecule has 31 heavy (non-hydrogen) atoms. The van der Waals surface area contributed by atoms with Crippen LogP contribution in [0.5, 0.6) is 0 Å². The van der Waals surface area contributed by atoms with Gasteiger partial charge in [-0.3, -0.25) is 4.79 Å². The normalized spacial score (nSPS) is 11.2. The molecule has 0 aliphatic carbocycles. The third-order valence-corrected chi connectivity index (χ3v) is 5.24. The Labute approximate surface area is 178 Å². The fourth-order valence-electron chi connectivity index (χ4n) is 3.74. The highest BCUT2D eigenvalue weighted by Crippen LogP contribution is 2.28. The van der Waals surface area contributed by atoms with Crippen LogP contribution in [0, 0.1) is 12.7 Å². The number of aryl methyl sites for hydroxylation is 1. The average molecular weight is 410 g/mol. The Morgan fingerprint density at radius 1 is 0.935 bits per heavy atom. The van der Waals surface area contributed by atoms with E-state index in [1.54, 1.807) is 24.3 Å². The summed E-state index contributed by atoms with van der Waals surface area (Å²) in [6, 6.07) is 24.9. The van der Waals surface area contributed by atoms with Gasteiger partial charge in [0.05, 0.1) is 11.0 Å². The van der Waals surface area contributed by atoms with E-state index in [1.165, 1.54) is 12.1 Å². The molecule has 5 rings (SSSR count). The summed E-state index contributed by atoms with van der Waals surface area (Å²) in [6.45, 7) is 2.27. The summed E-state index contributed by atoms with van der Waals surface area (Å²) in [5.41, 5.74) is 3.52. The van der Waals surface area contributed by atoms with Gasteiger partial charge in [-0.1, -0.05) is 42.5 Å². The van der Waals surface area contributed by atoms with Crippen molar-refractivity contribution in [1.82, 2.24) is 9.55 Å². The van der Waals surface area contributed by atoms with E-state index in [0.717, 1.165) is 22.4 Å². The molecule has 0 N–H and O–H groups in total. The Bertz CT molecular complexity index is 1400. The summed E-state index contributed by atoms with van der Waals surface area (Å²) in [5.74, 6) is 1.69. The molecule has 0 saturated carbocycles. The Morgan fingerprint density at radius 3 is 2.52 bits per heavy atom. The zero-order chi connectivity index (χ0) is 21.4. The molecule has 0 aliphatic heterocycles. The van der Waals surface area contributed by atoms with Gasteiger partial charge in [-0.05, 0) is 55.0 Å². The van der Waals surface area contributed by atoms with Crippen LogP contribution in [-0.4, -0.2) is 15.3 Å². The van der Waals surface area contributed by atoms with Crippen molar-refractivity contribution in [2.75, 3.05) is 0 Å². The van der Waals surface area contributed by atoms with Crippen LogP contribution < -0.4 is 0 Å². The summed E-state index contributed by atoms with van der Waals surface area (Å²) < 4.78 is 21.6. The van der Waals surface area contributed by atoms with E-state index in [-0.39, 0.29) is 11.6 Å². The first-order valence-corrected chi connectivity index (χ1v) is 10.00. The second kappa shape index (κ2) is 7.69. The van der Waals surface area contributed by atoms with Gasteiger partial charge >= 0.3 is 0 Å². The number of rotatable bonds is 5. The Balaban J connectivity index is 1.66. The van der Waals surface area contributed by atoms with Crippen LogP contribution in [0.15, 0.2) is 89.3 Å². The van der Waals surface area contributed by atoms with Crippen molar-refractivity contribution in [3.8, 4) is 11.6 Å². The van der Waals surface area contributed by atoms with Gasteiger partial charge in [-0.2, -0.15) is 0 Å². The van der Waals surface area contributed by atoms with Gasteiger partial charge in [-0.15, -0.1) is 0 Å². The number of hydrogen-bond donors (Lipinski definition) is 0. The second-order valence-corrected chi connectivity index (χ2v) is 7.46. The highest BCUT2D eigenvalue weighted by Gasteiger charge is 2.18. The standard InChI is InChI=1S/C26H19FN2O2/c1-17-10-13-24(31-17)26-28-22-12-11-20(25(30)19-7-3-2-4-8-19)15-23(22)29(26)16-18-6-5-9-21(27)14-18/h2-15H,16H2,1H3. The van der Waals surface area contributed by atoms with E-state index >= 15 is 0 Å². The van der Waals surface area contributed by atoms with Crippen LogP contribution >= 0.6 is 0 Å². The molecule has 5 heteroatoms. The van der Waals surface area contributed by atoms with Crippen molar-refractivity contribution in [2.45, 2.75) is 13.5 Å². The topological polar surface area (TPSA) is 48.0 Å². The third-order valence-electron chi connectivity index (χ3n) is 5.24. The highest BCUT2D eigenvalue weighted by atomic mass is 19.1. The molecule has 0 saturated heterocycles. The van der Waals surface area contributed by atoms with E-state index in [2.05, 4.69) is 0 Å². The summed E-state index contributed by atoms with van der Waals surface area (Å²) in [7, 11) is 0. The lowest BCUT2D eigenvalue weighted by Crippen LogP contribution is -2.04. The van der Waals surface area contributed by atoms with E-state index in [4.69, 9.17) is 9.40 Å². The summed E-state index contributed by atoms with van der Waals surface area (Å²) in [6.07, 6.45) is 0. The smallest absolute Gasteiger partial charge is 0.193 e. The SMILES string of the molecule is Cc1ccc(-c2nc3ccc(C(=O)c4ccccc4)cc3n2Cc2cccc(F)c2)o1. The van der Waals surface area contributed by atoms with Gasteiger partial charge in [0.1, 0.15) is 11.6 Å². The molecule has 0 aliphatic rings. The molecule has 0 spiro atoms. The molecule has 0 radical (unpaired) electrons. The van der Waals surface area contributed by atoms with Gasteiger partial charge in [-0.25, -0.2) is 9.37 Å². The predicted molar refractivity (Wildman–Crippen MR) is 118 cm³/mol. The molecule has 2 aromatic heterocycles. The number of nitrogens with zero attached hydrogens (tertiary/aromatic N) is 2. The van der Waals surface area contributed by atoms with Crippen LogP contribution in [0.25, 0.3) is 22.6 Å². The van der Waals surface area contributed by atoms with Gasteiger partial charge < -0.3 is 8.98 Å². The van der Waals surface area contributed by atoms with Gasteiger partial charge in [0.2, 0.25) is 0 Å². The van der Waals surface area contributed by atoms with Crippen molar-refractivity contribution >= 4 is 16.8 Å². The number of hydrogen-bond acceptors (Lipinski definition) is 3. The van der Waals surface area contributed by atoms with Crippen molar-refractivity contribution in [3.63, 3.8) is 0 Å². The molecule has 2 heterocycles. The first-order valence-electron chi connectivity index (χ1n) is 10.00. The highest BCUT2D eigenvalue weighted by molar-refractivity contribution is 6.10. The van der Waals surface area contributed by atoms with Crippen LogP contribution in [0.3, 0.4) is 0 Å². The molecule has 4 nitrogen and oxygen atoms in total. The number of furan rings is 1. The van der Waals surface area contributed by atoms with Gasteiger partial charge in [0, 0.05) is 17.7 Å². The number of carbonyl (C=O) groups is 1. The van der Waals surface area contributed by atoms with E-state index < -0.39 is 0 Å². The summed E-state index contributed by atoms with van der Waals surface area (Å²) in [5, 5.41) is 0. The Kier molecular flexibility index (Phi) is 4.71. The number of fused-ring (bicyclic) bond motifs is 1. The molecule has 0 bridgehead atoms. The lowest BCUT2D eigenvalue weighted by Gasteiger charge is -2.09. The summed E-state index contributed by atoms with van der Waals surface area (Å²) >= 11 is 0. The van der Waals surface area contributed by atoms with Crippen LogP contribution in [-0.2, 0) is 6.54 Å². The monoisotopic (exact) mass is 410 g/mol. The van der Waals surface area contributed by atoms with E-state index in [1.807, 2.05) is 60.0 Å². The average Bonchev–Trinajstić information content (AvgIpc) is 3.37. The number of imidazole rings is 1. The molecule has 0 fully saturated rings. The number of halogens is 1. The maximum absolute atomic E-state index is 13.8. The maximum Gasteiger partial charge on any atom is 0.193 e. The van der Waals surface area contributed by atoms with Crippen molar-refractivity contribution in [1.29, 1.82) is 0 Å². The van der Waals surface area contributed by atoms with Crippen molar-refractivity contribution < 1.29 is 13.6 Å². The number of aromatic nitrogens is 2. The molecule has 0 amide bonds. The maximum atomic E-state index is 13.8. The van der Waals surface area contributed by atoms with Gasteiger partial charge in [0.15, 0.2) is 17.4 Å². The van der Waals surface area contributed by atoms with Crippen molar-refractivity contribution in [2.24, 2.45) is 0 Å². The molecule has 0 unspecified atom stereocenters. The predicted octanol–water partition coefficient (Wildman–Crippen LogP) is 6.02. The lowest BCUT2D eigenvalue weighted by molar-refractivity contribution is 0.103. The van der Waals surface area contributed by atoms with Crippen LogP contribution in [0.2, 0.25) is 0 Å². The fourth-order valence-corrected chi connectivity index (χ4v) is 3.74. The van der Waals surface area contributed by atoms with Crippen LogP contribution in [0.1, 0.15) is 27.2 Å². The molecule has 3 aromatic carbocycles. The lowest BCUT2D eigenvalue weighted by atomic mass is 10.0. The minimum absolute atomic E-state index is 0.0589. The first-order chi connectivity index (χ1) is 15.1. The fraction of sp³-hybridized carbons (Fsp3) is 0.0769. The van der Waals surface area contributed by atoms with E-state index in [0.29, 0.717) is 29.3 Å². The molecule has 0 atom stereocenters. The van der Waals surface area contributed by atoms with Gasteiger partial charge in [0.25, 0.3) is 0 Å². The quantitative estimate of drug-likeness (QED) is 0.333.